The number of carbonyl (C=O) groups is 2. The predicted molar refractivity (Wildman–Crippen MR) is 123 cm³/mol. The van der Waals surface area contributed by atoms with E-state index in [2.05, 4.69) is 25.8 Å². The molecule has 2 amide bonds. The van der Waals surface area contributed by atoms with Crippen LogP contribution in [0.25, 0.3) is 0 Å². The van der Waals surface area contributed by atoms with Gasteiger partial charge in [-0.25, -0.2) is 5.84 Å². The fourth-order valence-corrected chi connectivity index (χ4v) is 3.01. The average Bonchev–Trinajstić information content (AvgIpc) is 2.81. The van der Waals surface area contributed by atoms with E-state index in [1.165, 1.54) is 36.6 Å². The Morgan fingerprint density at radius 3 is 2.54 bits per heavy atom. The Hall–Kier alpha value is -3.74. The van der Waals surface area contributed by atoms with Gasteiger partial charge in [0.15, 0.2) is 5.82 Å². The third kappa shape index (κ3) is 9.20. The molecule has 2 heterocycles. The highest BCUT2D eigenvalue weighted by molar-refractivity contribution is 5.92. The molecule has 2 aromatic rings. The summed E-state index contributed by atoms with van der Waals surface area (Å²) in [7, 11) is 1.47. The molecule has 0 aliphatic heterocycles. The SMILES string of the molecule is CNC(=O)/C(N)=C/N(N)CCCCc1ccc(NC(=O)Cc2cc(C(C)C(F)(F)F)ccn2)nn1. The Morgan fingerprint density at radius 1 is 1.17 bits per heavy atom. The number of pyridine rings is 1. The summed E-state index contributed by atoms with van der Waals surface area (Å²) in [5.41, 5.74) is 6.58. The number of nitrogens with two attached hydrogens (primary N) is 2. The quantitative estimate of drug-likeness (QED) is 0.160. The average molecular weight is 495 g/mol. The van der Waals surface area contributed by atoms with Crippen molar-refractivity contribution in [1.29, 1.82) is 0 Å². The first-order valence-electron chi connectivity index (χ1n) is 10.8. The van der Waals surface area contributed by atoms with Crippen LogP contribution in [-0.2, 0) is 22.4 Å². The van der Waals surface area contributed by atoms with Gasteiger partial charge in [-0.05, 0) is 56.0 Å². The van der Waals surface area contributed by atoms with E-state index in [1.807, 2.05) is 0 Å². The maximum atomic E-state index is 12.9. The van der Waals surface area contributed by atoms with Gasteiger partial charge in [0.05, 0.1) is 18.0 Å². The van der Waals surface area contributed by atoms with Gasteiger partial charge in [-0.1, -0.05) is 0 Å². The molecule has 0 fully saturated rings. The van der Waals surface area contributed by atoms with Crippen molar-refractivity contribution in [2.24, 2.45) is 11.6 Å². The van der Waals surface area contributed by atoms with Gasteiger partial charge >= 0.3 is 6.18 Å². The number of rotatable bonds is 11. The van der Waals surface area contributed by atoms with E-state index in [-0.39, 0.29) is 29.2 Å². The molecular formula is C22H29F3N8O2. The molecule has 190 valence electrons. The maximum Gasteiger partial charge on any atom is 0.395 e. The lowest BCUT2D eigenvalue weighted by molar-refractivity contribution is -0.146. The van der Waals surface area contributed by atoms with Crippen molar-refractivity contribution in [3.05, 3.63) is 59.3 Å². The van der Waals surface area contributed by atoms with E-state index in [0.717, 1.165) is 13.3 Å². The molecule has 0 spiro atoms. The summed E-state index contributed by atoms with van der Waals surface area (Å²) in [6.07, 6.45) is 0.131. The highest BCUT2D eigenvalue weighted by Gasteiger charge is 2.37. The van der Waals surface area contributed by atoms with Crippen molar-refractivity contribution in [2.45, 2.75) is 44.7 Å². The van der Waals surface area contributed by atoms with Crippen molar-refractivity contribution < 1.29 is 22.8 Å². The molecule has 1 atom stereocenters. The lowest BCUT2D eigenvalue weighted by Gasteiger charge is -2.16. The van der Waals surface area contributed by atoms with E-state index < -0.39 is 23.9 Å². The molecule has 0 aliphatic carbocycles. The summed E-state index contributed by atoms with van der Waals surface area (Å²) < 4.78 is 38.8. The molecule has 35 heavy (non-hydrogen) atoms. The summed E-state index contributed by atoms with van der Waals surface area (Å²) in [5, 5.41) is 14.3. The van der Waals surface area contributed by atoms with E-state index >= 15 is 0 Å². The zero-order valence-corrected chi connectivity index (χ0v) is 19.5. The van der Waals surface area contributed by atoms with Gasteiger partial charge in [0.1, 0.15) is 5.70 Å². The summed E-state index contributed by atoms with van der Waals surface area (Å²) in [4.78, 5) is 27.6. The van der Waals surface area contributed by atoms with Gasteiger partial charge in [0, 0.05) is 31.7 Å². The van der Waals surface area contributed by atoms with Crippen LogP contribution in [0.4, 0.5) is 19.0 Å². The Morgan fingerprint density at radius 2 is 1.91 bits per heavy atom. The Kier molecular flexibility index (Phi) is 9.94. The van der Waals surface area contributed by atoms with Gasteiger partial charge in [0.25, 0.3) is 5.91 Å². The number of hydrogen-bond donors (Lipinski definition) is 4. The van der Waals surface area contributed by atoms with E-state index in [0.29, 0.717) is 25.1 Å². The Bertz CT molecular complexity index is 1030. The summed E-state index contributed by atoms with van der Waals surface area (Å²) >= 11 is 0. The molecule has 0 saturated heterocycles. The largest absolute Gasteiger partial charge is 0.395 e. The number of aromatic nitrogens is 3. The molecule has 2 rings (SSSR count). The number of amides is 2. The molecule has 0 radical (unpaired) electrons. The Balaban J connectivity index is 1.80. The summed E-state index contributed by atoms with van der Waals surface area (Å²) in [6.45, 7) is 1.54. The van der Waals surface area contributed by atoms with Crippen LogP contribution in [-0.4, -0.2) is 51.8 Å². The standard InChI is InChI=1S/C22H29F3N8O2/c1-14(22(23,24)25)15-8-9-29-17(11-15)12-20(34)30-19-7-6-16(31-32-19)5-3-4-10-33(27)13-18(26)21(35)28-2/h6-9,11,13-14H,3-5,10,12,26-27H2,1-2H3,(H,28,35)(H,30,32,34)/b18-13-. The van der Waals surface area contributed by atoms with E-state index in [9.17, 15) is 22.8 Å². The molecule has 1 unspecified atom stereocenters. The van der Waals surface area contributed by atoms with Crippen molar-refractivity contribution in [1.82, 2.24) is 25.5 Å². The number of likely N-dealkylation sites (N-methyl/N-ethyl adjacent to an activating group) is 1. The van der Waals surface area contributed by atoms with Crippen molar-refractivity contribution >= 4 is 17.6 Å². The predicted octanol–water partition coefficient (Wildman–Crippen LogP) is 1.76. The smallest absolute Gasteiger partial charge is 0.393 e. The molecule has 6 N–H and O–H groups in total. The van der Waals surface area contributed by atoms with Gasteiger partial charge in [-0.15, -0.1) is 5.10 Å². The highest BCUT2D eigenvalue weighted by atomic mass is 19.4. The summed E-state index contributed by atoms with van der Waals surface area (Å²) in [5.74, 6) is 3.47. The number of aryl methyl sites for hydroxylation is 1. The van der Waals surface area contributed by atoms with Crippen molar-refractivity contribution in [3.63, 3.8) is 0 Å². The lowest BCUT2D eigenvalue weighted by atomic mass is 10.0. The molecule has 0 aromatic carbocycles. The zero-order valence-electron chi connectivity index (χ0n) is 19.5. The lowest BCUT2D eigenvalue weighted by Crippen LogP contribution is -2.32. The van der Waals surface area contributed by atoms with Crippen LogP contribution in [0.15, 0.2) is 42.4 Å². The topological polar surface area (TPSA) is 152 Å². The third-order valence-corrected chi connectivity index (χ3v) is 5.05. The number of alkyl halides is 3. The first-order chi connectivity index (χ1) is 16.5. The number of halogens is 3. The van der Waals surface area contributed by atoms with E-state index in [1.54, 1.807) is 12.1 Å². The number of nitrogens with one attached hydrogen (secondary N) is 2. The number of unbranched alkanes of at least 4 members (excludes halogenated alkanes) is 1. The molecular weight excluding hydrogens is 465 g/mol. The summed E-state index contributed by atoms with van der Waals surface area (Å²) in [6, 6.07) is 5.87. The fourth-order valence-electron chi connectivity index (χ4n) is 3.01. The number of carbonyl (C=O) groups excluding carboxylic acids is 2. The van der Waals surface area contributed by atoms with Gasteiger partial charge in [0.2, 0.25) is 5.91 Å². The van der Waals surface area contributed by atoms with Gasteiger partial charge < -0.3 is 21.4 Å². The highest BCUT2D eigenvalue weighted by Crippen LogP contribution is 2.34. The van der Waals surface area contributed by atoms with Gasteiger partial charge in [-0.3, -0.25) is 14.6 Å². The third-order valence-electron chi connectivity index (χ3n) is 5.05. The second-order valence-electron chi connectivity index (χ2n) is 7.84. The van der Waals surface area contributed by atoms with Crippen LogP contribution in [0.2, 0.25) is 0 Å². The molecule has 10 nitrogen and oxygen atoms in total. The molecule has 2 aromatic heterocycles. The van der Waals surface area contributed by atoms with Crippen LogP contribution in [0.1, 0.15) is 42.6 Å². The number of hydrazine groups is 1. The molecule has 0 saturated carbocycles. The molecule has 13 heteroatoms. The fraction of sp³-hybridized carbons (Fsp3) is 0.409. The molecule has 0 aliphatic rings. The number of hydrogen-bond acceptors (Lipinski definition) is 8. The molecule has 0 bridgehead atoms. The van der Waals surface area contributed by atoms with Crippen molar-refractivity contribution in [2.75, 3.05) is 18.9 Å². The van der Waals surface area contributed by atoms with Crippen LogP contribution in [0.5, 0.6) is 0 Å². The van der Waals surface area contributed by atoms with Gasteiger partial charge in [-0.2, -0.15) is 18.3 Å². The second-order valence-corrected chi connectivity index (χ2v) is 7.84. The van der Waals surface area contributed by atoms with Crippen LogP contribution >= 0.6 is 0 Å². The minimum atomic E-state index is -4.38. The second kappa shape index (κ2) is 12.6. The maximum absolute atomic E-state index is 12.9. The number of nitrogens with zero attached hydrogens (tertiary/aromatic N) is 4. The van der Waals surface area contributed by atoms with Crippen molar-refractivity contribution in [3.8, 4) is 0 Å². The minimum Gasteiger partial charge on any atom is -0.393 e. The zero-order chi connectivity index (χ0) is 26.0. The normalized spacial score (nSPS) is 12.7. The minimum absolute atomic E-state index is 0.0119. The van der Waals surface area contributed by atoms with Crippen LogP contribution in [0.3, 0.4) is 0 Å². The van der Waals surface area contributed by atoms with Crippen LogP contribution in [0, 0.1) is 0 Å². The monoisotopic (exact) mass is 494 g/mol. The first-order valence-corrected chi connectivity index (χ1v) is 10.8. The Labute approximate surface area is 200 Å². The van der Waals surface area contributed by atoms with Crippen LogP contribution < -0.4 is 22.2 Å². The van der Waals surface area contributed by atoms with E-state index in [4.69, 9.17) is 11.6 Å². The number of anilines is 1. The first kappa shape index (κ1) is 27.5.